The van der Waals surface area contributed by atoms with Crippen LogP contribution in [0, 0.1) is 6.33 Å². The molecule has 0 amide bonds. The smallest absolute Gasteiger partial charge is 0.211 e. The van der Waals surface area contributed by atoms with Crippen molar-refractivity contribution in [3.8, 4) is 0 Å². The molecule has 0 spiro atoms. The van der Waals surface area contributed by atoms with Gasteiger partial charge in [-0.3, -0.25) is 0 Å². The van der Waals surface area contributed by atoms with E-state index in [1.807, 2.05) is 6.33 Å². The van der Waals surface area contributed by atoms with Crippen LogP contribution in [0.25, 0.3) is 0 Å². The summed E-state index contributed by atoms with van der Waals surface area (Å²) in [6.45, 7) is 0. The molecule has 0 aliphatic heterocycles. The summed E-state index contributed by atoms with van der Waals surface area (Å²) in [7, 11) is 0. The molecule has 0 bridgehead atoms. The van der Waals surface area contributed by atoms with Crippen LogP contribution in [0.4, 0.5) is 8.78 Å². The zero-order valence-corrected chi connectivity index (χ0v) is 4.45. The van der Waals surface area contributed by atoms with Gasteiger partial charge in [-0.1, -0.05) is 0 Å². The molecule has 43 valence electrons. The Morgan fingerprint density at radius 3 is 2.62 bits per heavy atom. The van der Waals surface area contributed by atoms with E-state index in [0.717, 1.165) is 0 Å². The molecule has 0 unspecified atom stereocenters. The molecule has 1 heterocycles. The lowest BCUT2D eigenvalue weighted by Crippen LogP contribution is -1.77. The Bertz CT molecular complexity index is 150. The lowest BCUT2D eigenvalue weighted by atomic mass is 10.7. The molecule has 8 heavy (non-hydrogen) atoms. The van der Waals surface area contributed by atoms with Crippen LogP contribution in [0.5, 0.6) is 0 Å². The minimum atomic E-state index is -2.50. The van der Waals surface area contributed by atoms with Gasteiger partial charge in [-0.2, -0.15) is 4.37 Å². The molecule has 1 aromatic heterocycles. The fourth-order valence-electron chi connectivity index (χ4n) is 0.246. The SMILES string of the molecule is FC(F)c1n[c]ns1. The van der Waals surface area contributed by atoms with Crippen LogP contribution in [-0.4, -0.2) is 9.36 Å². The summed E-state index contributed by atoms with van der Waals surface area (Å²) >= 11 is 0.664. The van der Waals surface area contributed by atoms with Crippen LogP contribution >= 0.6 is 11.5 Å². The lowest BCUT2D eigenvalue weighted by Gasteiger charge is -1.83. The summed E-state index contributed by atoms with van der Waals surface area (Å²) < 4.78 is 26.2. The van der Waals surface area contributed by atoms with Crippen molar-refractivity contribution < 1.29 is 8.78 Å². The molecule has 1 radical (unpaired) electrons. The normalized spacial score (nSPS) is 10.4. The van der Waals surface area contributed by atoms with Crippen molar-refractivity contribution in [2.24, 2.45) is 0 Å². The number of halogens is 2. The van der Waals surface area contributed by atoms with Crippen molar-refractivity contribution in [2.45, 2.75) is 6.43 Å². The lowest BCUT2D eigenvalue weighted by molar-refractivity contribution is 0.151. The monoisotopic (exact) mass is 135 g/mol. The quantitative estimate of drug-likeness (QED) is 0.579. The predicted molar refractivity (Wildman–Crippen MR) is 23.7 cm³/mol. The molecule has 2 nitrogen and oxygen atoms in total. The highest BCUT2D eigenvalue weighted by molar-refractivity contribution is 7.05. The van der Waals surface area contributed by atoms with Crippen molar-refractivity contribution in [3.05, 3.63) is 11.3 Å². The summed E-state index contributed by atoms with van der Waals surface area (Å²) in [5.74, 6) is 0. The van der Waals surface area contributed by atoms with Gasteiger partial charge < -0.3 is 0 Å². The zero-order chi connectivity index (χ0) is 5.98. The van der Waals surface area contributed by atoms with Crippen LogP contribution in [0.2, 0.25) is 0 Å². The Kier molecular flexibility index (Phi) is 1.48. The van der Waals surface area contributed by atoms with E-state index < -0.39 is 6.43 Å². The minimum absolute atomic E-state index is 0.273. The van der Waals surface area contributed by atoms with Crippen LogP contribution in [-0.2, 0) is 0 Å². The highest BCUT2D eigenvalue weighted by Gasteiger charge is 2.08. The average Bonchev–Trinajstić information content (AvgIpc) is 2.12. The molecule has 0 N–H and O–H groups in total. The molecule has 0 fully saturated rings. The van der Waals surface area contributed by atoms with Gasteiger partial charge in [-0.05, 0) is 11.5 Å². The summed E-state index contributed by atoms with van der Waals surface area (Å²) in [5, 5.41) is -0.273. The fraction of sp³-hybridized carbons (Fsp3) is 0.333. The second-order valence-corrected chi connectivity index (χ2v) is 1.82. The number of hydrogen-bond donors (Lipinski definition) is 0. The highest BCUT2D eigenvalue weighted by Crippen LogP contribution is 2.17. The van der Waals surface area contributed by atoms with Crippen molar-refractivity contribution in [2.75, 3.05) is 0 Å². The Hall–Kier alpha value is -0.580. The third kappa shape index (κ3) is 0.975. The molecular weight excluding hydrogens is 134 g/mol. The summed E-state index contributed by atoms with van der Waals surface area (Å²) in [6.07, 6.45) is -0.452. The first-order chi connectivity index (χ1) is 3.80. The number of nitrogens with zero attached hydrogens (tertiary/aromatic N) is 2. The second-order valence-electron chi connectivity index (χ2n) is 1.03. The average molecular weight is 135 g/mol. The molecular formula is C3HF2N2S. The van der Waals surface area contributed by atoms with E-state index in [0.29, 0.717) is 11.5 Å². The Morgan fingerprint density at radius 1 is 1.62 bits per heavy atom. The van der Waals surface area contributed by atoms with Crippen LogP contribution in [0.15, 0.2) is 0 Å². The molecule has 0 aliphatic carbocycles. The van der Waals surface area contributed by atoms with E-state index in [2.05, 4.69) is 9.36 Å². The number of alkyl halides is 2. The second kappa shape index (κ2) is 2.13. The van der Waals surface area contributed by atoms with Crippen LogP contribution in [0.3, 0.4) is 0 Å². The molecule has 1 aromatic rings. The van der Waals surface area contributed by atoms with E-state index in [4.69, 9.17) is 0 Å². The molecule has 0 atom stereocenters. The maximum Gasteiger partial charge on any atom is 0.291 e. The standard InChI is InChI=1S/C3HF2N2S/c4-2(5)3-6-1-7-8-3/h2H. The van der Waals surface area contributed by atoms with E-state index in [-0.39, 0.29) is 5.01 Å². The summed E-state index contributed by atoms with van der Waals surface area (Å²) in [4.78, 5) is 3.15. The van der Waals surface area contributed by atoms with Gasteiger partial charge in [0.1, 0.15) is 0 Å². The van der Waals surface area contributed by atoms with Gasteiger partial charge in [0.2, 0.25) is 6.33 Å². The fourth-order valence-corrected chi connectivity index (χ4v) is 0.582. The first kappa shape index (κ1) is 5.55. The topological polar surface area (TPSA) is 25.8 Å². The van der Waals surface area contributed by atoms with E-state index in [9.17, 15) is 8.78 Å². The number of hydrogen-bond acceptors (Lipinski definition) is 3. The maximum absolute atomic E-state index is 11.5. The molecule has 0 saturated carbocycles. The van der Waals surface area contributed by atoms with E-state index >= 15 is 0 Å². The molecule has 0 aromatic carbocycles. The van der Waals surface area contributed by atoms with Crippen LogP contribution < -0.4 is 0 Å². The predicted octanol–water partition coefficient (Wildman–Crippen LogP) is 1.28. The Balaban J connectivity index is 2.77. The van der Waals surface area contributed by atoms with Gasteiger partial charge in [-0.15, -0.1) is 0 Å². The zero-order valence-electron chi connectivity index (χ0n) is 3.64. The first-order valence-electron chi connectivity index (χ1n) is 1.78. The van der Waals surface area contributed by atoms with Crippen molar-refractivity contribution >= 4 is 11.5 Å². The summed E-state index contributed by atoms with van der Waals surface area (Å²) in [6, 6.07) is 0. The van der Waals surface area contributed by atoms with Crippen molar-refractivity contribution in [1.29, 1.82) is 0 Å². The molecule has 0 aliphatic rings. The van der Waals surface area contributed by atoms with E-state index in [1.165, 1.54) is 0 Å². The van der Waals surface area contributed by atoms with Gasteiger partial charge in [-0.25, -0.2) is 13.8 Å². The number of aromatic nitrogens is 2. The third-order valence-electron chi connectivity index (χ3n) is 0.527. The van der Waals surface area contributed by atoms with Crippen LogP contribution in [0.1, 0.15) is 11.4 Å². The summed E-state index contributed by atoms with van der Waals surface area (Å²) in [5.41, 5.74) is 0. The third-order valence-corrected chi connectivity index (χ3v) is 1.16. The largest absolute Gasteiger partial charge is 0.291 e. The minimum Gasteiger partial charge on any atom is -0.211 e. The maximum atomic E-state index is 11.5. The van der Waals surface area contributed by atoms with E-state index in [1.54, 1.807) is 0 Å². The van der Waals surface area contributed by atoms with Gasteiger partial charge in [0, 0.05) is 0 Å². The van der Waals surface area contributed by atoms with Gasteiger partial charge in [0.25, 0.3) is 6.43 Å². The first-order valence-corrected chi connectivity index (χ1v) is 2.56. The van der Waals surface area contributed by atoms with Gasteiger partial charge in [0.05, 0.1) is 0 Å². The van der Waals surface area contributed by atoms with Gasteiger partial charge in [0.15, 0.2) is 5.01 Å². The number of rotatable bonds is 1. The molecule has 5 heteroatoms. The highest BCUT2D eigenvalue weighted by atomic mass is 32.1. The van der Waals surface area contributed by atoms with Gasteiger partial charge >= 0.3 is 0 Å². The molecule has 0 saturated heterocycles. The van der Waals surface area contributed by atoms with Crippen molar-refractivity contribution in [3.63, 3.8) is 0 Å². The molecule has 1 rings (SSSR count). The van der Waals surface area contributed by atoms with Crippen molar-refractivity contribution in [1.82, 2.24) is 9.36 Å². The Morgan fingerprint density at radius 2 is 2.38 bits per heavy atom. The Labute approximate surface area is 48.3 Å².